The predicted molar refractivity (Wildman–Crippen MR) is 89.1 cm³/mol. The number of carbonyl (C=O) groups excluding carboxylic acids is 3. The highest BCUT2D eigenvalue weighted by Gasteiger charge is 2.20. The van der Waals surface area contributed by atoms with E-state index in [2.05, 4.69) is 4.74 Å². The third-order valence-corrected chi connectivity index (χ3v) is 3.52. The lowest BCUT2D eigenvalue weighted by atomic mass is 10.1. The fraction of sp³-hybridized carbons (Fsp3) is 0.188. The SMILES string of the molecule is COC(=O)c1ccc(C(=O)OCC(=O)c2c(N)n(C)c(=O)[nH]c2=O)cc1. The molecule has 0 aliphatic carbocycles. The molecule has 0 bridgehead atoms. The van der Waals surface area contributed by atoms with Gasteiger partial charge in [0.2, 0.25) is 5.78 Å². The Labute approximate surface area is 146 Å². The van der Waals surface area contributed by atoms with Gasteiger partial charge in [0.1, 0.15) is 11.4 Å². The third kappa shape index (κ3) is 3.69. The van der Waals surface area contributed by atoms with Gasteiger partial charge in [0.25, 0.3) is 5.56 Å². The molecule has 2 aromatic rings. The fourth-order valence-corrected chi connectivity index (χ4v) is 2.05. The summed E-state index contributed by atoms with van der Waals surface area (Å²) in [4.78, 5) is 60.5. The Bertz CT molecular complexity index is 986. The van der Waals surface area contributed by atoms with Crippen molar-refractivity contribution in [3.8, 4) is 0 Å². The number of Topliss-reactive ketones (excluding diaryl/α,β-unsaturated/α-hetero) is 1. The molecule has 2 rings (SSSR count). The van der Waals surface area contributed by atoms with Gasteiger partial charge >= 0.3 is 17.6 Å². The van der Waals surface area contributed by atoms with Crippen LogP contribution >= 0.6 is 0 Å². The van der Waals surface area contributed by atoms with Crippen molar-refractivity contribution >= 4 is 23.5 Å². The van der Waals surface area contributed by atoms with Crippen LogP contribution in [0.5, 0.6) is 0 Å². The molecule has 0 spiro atoms. The molecular formula is C16H15N3O7. The second kappa shape index (κ2) is 7.47. The number of nitrogens with zero attached hydrogens (tertiary/aromatic N) is 1. The molecule has 0 fully saturated rings. The summed E-state index contributed by atoms with van der Waals surface area (Å²) < 4.78 is 10.3. The molecule has 1 aromatic carbocycles. The normalized spacial score (nSPS) is 10.2. The van der Waals surface area contributed by atoms with E-state index in [-0.39, 0.29) is 16.9 Å². The van der Waals surface area contributed by atoms with Crippen LogP contribution in [-0.2, 0) is 16.5 Å². The second-order valence-corrected chi connectivity index (χ2v) is 5.15. The number of hydrogen-bond donors (Lipinski definition) is 2. The number of H-pyrrole nitrogens is 1. The number of ether oxygens (including phenoxy) is 2. The Hall–Kier alpha value is -3.69. The number of benzene rings is 1. The molecule has 26 heavy (non-hydrogen) atoms. The van der Waals surface area contributed by atoms with E-state index in [0.717, 1.165) is 4.57 Å². The van der Waals surface area contributed by atoms with Crippen LogP contribution in [0.1, 0.15) is 31.1 Å². The molecule has 136 valence electrons. The number of carbonyl (C=O) groups is 3. The predicted octanol–water partition coefficient (Wildman–Crippen LogP) is -0.518. The van der Waals surface area contributed by atoms with Crippen LogP contribution in [0, 0.1) is 0 Å². The van der Waals surface area contributed by atoms with Crippen LogP contribution < -0.4 is 17.0 Å². The monoisotopic (exact) mass is 361 g/mol. The van der Waals surface area contributed by atoms with Crippen molar-refractivity contribution in [3.63, 3.8) is 0 Å². The molecule has 0 amide bonds. The maximum Gasteiger partial charge on any atom is 0.338 e. The zero-order valence-corrected chi connectivity index (χ0v) is 13.9. The second-order valence-electron chi connectivity index (χ2n) is 5.15. The van der Waals surface area contributed by atoms with Crippen LogP contribution in [-0.4, -0.2) is 41.0 Å². The lowest BCUT2D eigenvalue weighted by Crippen LogP contribution is -2.35. The minimum atomic E-state index is -0.964. The van der Waals surface area contributed by atoms with Crippen LogP contribution in [0.3, 0.4) is 0 Å². The standard InChI is InChI=1S/C16H15N3O7/c1-19-12(17)11(13(21)18-16(19)24)10(20)7-26-15(23)9-5-3-8(4-6-9)14(22)25-2/h3-6H,7,17H2,1-2H3,(H,18,21,24). The Morgan fingerprint density at radius 3 is 2.15 bits per heavy atom. The number of nitrogens with one attached hydrogen (secondary N) is 1. The van der Waals surface area contributed by atoms with Gasteiger partial charge in [0, 0.05) is 7.05 Å². The highest BCUT2D eigenvalue weighted by atomic mass is 16.5. The average molecular weight is 361 g/mol. The minimum Gasteiger partial charge on any atom is -0.465 e. The Morgan fingerprint density at radius 1 is 1.08 bits per heavy atom. The summed E-state index contributed by atoms with van der Waals surface area (Å²) in [5.74, 6) is -2.60. The van der Waals surface area contributed by atoms with Crippen LogP contribution in [0.2, 0.25) is 0 Å². The van der Waals surface area contributed by atoms with Gasteiger partial charge in [0.05, 0.1) is 18.2 Å². The number of ketones is 1. The van der Waals surface area contributed by atoms with E-state index in [9.17, 15) is 24.0 Å². The highest BCUT2D eigenvalue weighted by Crippen LogP contribution is 2.08. The largest absolute Gasteiger partial charge is 0.465 e. The van der Waals surface area contributed by atoms with E-state index in [1.807, 2.05) is 4.98 Å². The van der Waals surface area contributed by atoms with Crippen LogP contribution in [0.25, 0.3) is 0 Å². The number of anilines is 1. The molecule has 0 aliphatic rings. The van der Waals surface area contributed by atoms with Gasteiger partial charge < -0.3 is 15.2 Å². The van der Waals surface area contributed by atoms with E-state index in [1.165, 1.54) is 38.4 Å². The Morgan fingerprint density at radius 2 is 1.62 bits per heavy atom. The zero-order chi connectivity index (χ0) is 19.4. The van der Waals surface area contributed by atoms with E-state index in [0.29, 0.717) is 0 Å². The van der Waals surface area contributed by atoms with Gasteiger partial charge in [-0.15, -0.1) is 0 Å². The summed E-state index contributed by atoms with van der Waals surface area (Å²) in [6, 6.07) is 5.37. The summed E-state index contributed by atoms with van der Waals surface area (Å²) in [5, 5.41) is 0. The van der Waals surface area contributed by atoms with Crippen molar-refractivity contribution in [2.45, 2.75) is 0 Å². The summed E-state index contributed by atoms with van der Waals surface area (Å²) >= 11 is 0. The van der Waals surface area contributed by atoms with Gasteiger partial charge in [-0.3, -0.25) is 19.1 Å². The first-order valence-electron chi connectivity index (χ1n) is 7.23. The topological polar surface area (TPSA) is 151 Å². The molecule has 1 heterocycles. The van der Waals surface area contributed by atoms with Crippen LogP contribution in [0.4, 0.5) is 5.82 Å². The smallest absolute Gasteiger partial charge is 0.338 e. The molecular weight excluding hydrogens is 346 g/mol. The van der Waals surface area contributed by atoms with Gasteiger partial charge in [-0.25, -0.2) is 14.4 Å². The highest BCUT2D eigenvalue weighted by molar-refractivity contribution is 6.02. The summed E-state index contributed by atoms with van der Waals surface area (Å²) in [6.45, 7) is -0.747. The zero-order valence-electron chi connectivity index (χ0n) is 13.9. The lowest BCUT2D eigenvalue weighted by Gasteiger charge is -2.08. The number of nitrogens with two attached hydrogens (primary N) is 1. The minimum absolute atomic E-state index is 0.0906. The van der Waals surface area contributed by atoms with Crippen molar-refractivity contribution in [2.75, 3.05) is 19.5 Å². The first-order valence-corrected chi connectivity index (χ1v) is 7.23. The van der Waals surface area contributed by atoms with Crippen molar-refractivity contribution in [2.24, 2.45) is 7.05 Å². The summed E-state index contributed by atoms with van der Waals surface area (Å²) in [7, 11) is 2.50. The third-order valence-electron chi connectivity index (χ3n) is 3.52. The number of aromatic amines is 1. The number of nitrogen functional groups attached to an aromatic ring is 1. The first-order chi connectivity index (χ1) is 12.3. The van der Waals surface area contributed by atoms with Crippen LogP contribution in [0.15, 0.2) is 33.9 Å². The van der Waals surface area contributed by atoms with Gasteiger partial charge in [-0.05, 0) is 24.3 Å². The lowest BCUT2D eigenvalue weighted by molar-refractivity contribution is 0.0473. The van der Waals surface area contributed by atoms with Gasteiger partial charge in [-0.2, -0.15) is 0 Å². The Balaban J connectivity index is 2.12. The molecule has 10 nitrogen and oxygen atoms in total. The Kier molecular flexibility index (Phi) is 5.36. The van der Waals surface area contributed by atoms with Gasteiger partial charge in [0.15, 0.2) is 6.61 Å². The van der Waals surface area contributed by atoms with E-state index in [1.54, 1.807) is 0 Å². The van der Waals surface area contributed by atoms with Crippen molar-refractivity contribution in [1.29, 1.82) is 0 Å². The van der Waals surface area contributed by atoms with E-state index >= 15 is 0 Å². The maximum atomic E-state index is 12.1. The molecule has 1 aromatic heterocycles. The number of methoxy groups -OCH3 is 1. The van der Waals surface area contributed by atoms with Gasteiger partial charge in [-0.1, -0.05) is 0 Å². The fourth-order valence-electron chi connectivity index (χ4n) is 2.05. The number of esters is 2. The molecule has 3 N–H and O–H groups in total. The van der Waals surface area contributed by atoms with Crippen molar-refractivity contribution < 1.29 is 23.9 Å². The van der Waals surface area contributed by atoms with Crippen molar-refractivity contribution in [3.05, 3.63) is 61.8 Å². The molecule has 0 aliphatic heterocycles. The summed E-state index contributed by atoms with van der Waals surface area (Å²) in [6.07, 6.45) is 0. The van der Waals surface area contributed by atoms with Crippen molar-refractivity contribution in [1.82, 2.24) is 9.55 Å². The number of rotatable bonds is 5. The summed E-state index contributed by atoms with van der Waals surface area (Å²) in [5.41, 5.74) is 3.72. The first kappa shape index (κ1) is 18.6. The maximum absolute atomic E-state index is 12.1. The molecule has 0 saturated heterocycles. The molecule has 10 heteroatoms. The molecule has 0 unspecified atom stereocenters. The number of aromatic nitrogens is 2. The van der Waals surface area contributed by atoms with E-state index < -0.39 is 41.1 Å². The molecule has 0 atom stereocenters. The molecule has 0 radical (unpaired) electrons. The average Bonchev–Trinajstić information content (AvgIpc) is 2.63. The quantitative estimate of drug-likeness (QED) is 0.533. The number of hydrogen-bond acceptors (Lipinski definition) is 8. The van der Waals surface area contributed by atoms with E-state index in [4.69, 9.17) is 10.5 Å². The molecule has 0 saturated carbocycles.